The van der Waals surface area contributed by atoms with Crippen molar-refractivity contribution >= 4 is 0 Å². The number of hydrogen-bond acceptors (Lipinski definition) is 6. The molecule has 0 aromatic rings. The van der Waals surface area contributed by atoms with Crippen molar-refractivity contribution in [1.29, 1.82) is 0 Å². The highest BCUT2D eigenvalue weighted by Crippen LogP contribution is 2.67. The van der Waals surface area contributed by atoms with E-state index in [9.17, 15) is 20.4 Å². The van der Waals surface area contributed by atoms with Gasteiger partial charge in [-0.05, 0) is 110 Å². The van der Waals surface area contributed by atoms with Crippen LogP contribution < -0.4 is 0 Å². The van der Waals surface area contributed by atoms with Crippen molar-refractivity contribution in [3.05, 3.63) is 23.8 Å². The fourth-order valence-electron chi connectivity index (χ4n) is 10.2. The molecule has 0 aromatic carbocycles. The Hall–Kier alpha value is -0.760. The van der Waals surface area contributed by atoms with Crippen LogP contribution in [0.2, 0.25) is 0 Å². The van der Waals surface area contributed by atoms with Gasteiger partial charge in [0, 0.05) is 0 Å². The molecule has 14 atom stereocenters. The predicted octanol–water partition coefficient (Wildman–Crippen LogP) is 5.63. The van der Waals surface area contributed by atoms with Crippen molar-refractivity contribution in [2.75, 3.05) is 6.61 Å². The first kappa shape index (κ1) is 31.7. The maximum absolute atomic E-state index is 10.5. The normalized spacial score (nSPS) is 47.9. The summed E-state index contributed by atoms with van der Waals surface area (Å²) in [6, 6.07) is 0. The van der Waals surface area contributed by atoms with E-state index in [2.05, 4.69) is 59.8 Å². The van der Waals surface area contributed by atoms with Crippen LogP contribution in [-0.2, 0) is 9.47 Å². The SMILES string of the molecule is CC[C@@H](C=C[C@@H](C)[C@H]1CC[C@H]2C3=CC[C@H]4C[C@@H](O[C@@H]5O[C@H](CO)[C@@H](O)[C@H](O)[C@H]5O)CC[C@]4(C)[C@H]3CC[C@]12C)C(C)C. The van der Waals surface area contributed by atoms with Gasteiger partial charge in [0.1, 0.15) is 24.4 Å². The average molecular weight is 575 g/mol. The van der Waals surface area contributed by atoms with Gasteiger partial charge in [0.2, 0.25) is 0 Å². The lowest BCUT2D eigenvalue weighted by Gasteiger charge is -2.58. The molecule has 4 N–H and O–H groups in total. The fraction of sp³-hybridized carbons (Fsp3) is 0.886. The molecule has 6 nitrogen and oxygen atoms in total. The van der Waals surface area contributed by atoms with E-state index >= 15 is 0 Å². The smallest absolute Gasteiger partial charge is 0.186 e. The van der Waals surface area contributed by atoms with E-state index in [0.717, 1.165) is 31.6 Å². The number of hydrogen-bond donors (Lipinski definition) is 4. The Kier molecular flexibility index (Phi) is 9.51. The van der Waals surface area contributed by atoms with E-state index in [1.54, 1.807) is 5.57 Å². The summed E-state index contributed by atoms with van der Waals surface area (Å²) in [6.45, 7) is 14.2. The third-order valence-electron chi connectivity index (χ3n) is 12.9. The zero-order chi connectivity index (χ0) is 29.7. The first-order valence-electron chi connectivity index (χ1n) is 16.8. The molecule has 0 radical (unpaired) electrons. The number of aliphatic hydroxyl groups is 4. The van der Waals surface area contributed by atoms with Gasteiger partial charge in [-0.15, -0.1) is 0 Å². The summed E-state index contributed by atoms with van der Waals surface area (Å²) in [5, 5.41) is 40.4. The Morgan fingerprint density at radius 2 is 1.66 bits per heavy atom. The Labute approximate surface area is 248 Å². The maximum atomic E-state index is 10.5. The molecule has 1 aliphatic heterocycles. The van der Waals surface area contributed by atoms with Crippen LogP contribution in [0.1, 0.15) is 99.3 Å². The molecule has 0 bridgehead atoms. The van der Waals surface area contributed by atoms with Crippen molar-refractivity contribution in [2.45, 2.75) is 136 Å². The maximum Gasteiger partial charge on any atom is 0.186 e. The van der Waals surface area contributed by atoms with Gasteiger partial charge in [0.25, 0.3) is 0 Å². The zero-order valence-corrected chi connectivity index (χ0v) is 26.4. The largest absolute Gasteiger partial charge is 0.394 e. The lowest BCUT2D eigenvalue weighted by Crippen LogP contribution is -2.60. The van der Waals surface area contributed by atoms with Crippen molar-refractivity contribution < 1.29 is 29.9 Å². The number of ether oxygens (including phenoxy) is 2. The van der Waals surface area contributed by atoms with Gasteiger partial charge in [0.05, 0.1) is 12.7 Å². The van der Waals surface area contributed by atoms with Crippen molar-refractivity contribution in [3.8, 4) is 0 Å². The van der Waals surface area contributed by atoms with Gasteiger partial charge in [0.15, 0.2) is 6.29 Å². The van der Waals surface area contributed by atoms with Crippen LogP contribution in [0.3, 0.4) is 0 Å². The van der Waals surface area contributed by atoms with Gasteiger partial charge >= 0.3 is 0 Å². The topological polar surface area (TPSA) is 99.4 Å². The number of aliphatic hydroxyl groups excluding tert-OH is 4. The number of rotatable bonds is 8. The molecule has 3 saturated carbocycles. The summed E-state index contributed by atoms with van der Waals surface area (Å²) in [5.41, 5.74) is 2.41. The molecule has 0 spiro atoms. The molecule has 4 aliphatic carbocycles. The second-order valence-corrected chi connectivity index (χ2v) is 15.3. The van der Waals surface area contributed by atoms with Crippen molar-refractivity contribution in [3.63, 3.8) is 0 Å². The van der Waals surface area contributed by atoms with Crippen LogP contribution >= 0.6 is 0 Å². The zero-order valence-electron chi connectivity index (χ0n) is 26.4. The van der Waals surface area contributed by atoms with E-state index in [1.807, 2.05) is 0 Å². The molecule has 1 saturated heterocycles. The summed E-state index contributed by atoms with van der Waals surface area (Å²) in [4.78, 5) is 0. The van der Waals surface area contributed by atoms with Crippen LogP contribution in [-0.4, -0.2) is 63.8 Å². The summed E-state index contributed by atoms with van der Waals surface area (Å²) >= 11 is 0. The van der Waals surface area contributed by atoms with Crippen LogP contribution in [0.25, 0.3) is 0 Å². The summed E-state index contributed by atoms with van der Waals surface area (Å²) < 4.78 is 11.9. The molecule has 0 aromatic heterocycles. The monoisotopic (exact) mass is 574 g/mol. The minimum absolute atomic E-state index is 0.0698. The molecule has 41 heavy (non-hydrogen) atoms. The van der Waals surface area contributed by atoms with Crippen LogP contribution in [0, 0.1) is 52.3 Å². The first-order chi connectivity index (χ1) is 19.4. The molecule has 5 aliphatic rings. The van der Waals surface area contributed by atoms with Gasteiger partial charge < -0.3 is 29.9 Å². The molecule has 234 valence electrons. The lowest BCUT2D eigenvalue weighted by atomic mass is 9.47. The standard InChI is InChI=1S/C35H58O6/c1-7-22(20(2)3)9-8-21(4)26-12-13-27-25-11-10-23-18-24(14-16-34(23,5)28(25)15-17-35(26,27)6)40-33-32(39)31(38)30(37)29(19-36)41-33/h8-9,11,20-24,26-33,36-39H,7,10,12-19H2,1-6H3/t21-,22+,23+,24+,26-,27+,28+,29-,30-,31+,32-,33-,34+,35-/m1/s1. The van der Waals surface area contributed by atoms with Gasteiger partial charge in [-0.3, -0.25) is 0 Å². The Bertz CT molecular complexity index is 960. The van der Waals surface area contributed by atoms with Crippen LogP contribution in [0.5, 0.6) is 0 Å². The van der Waals surface area contributed by atoms with E-state index in [-0.39, 0.29) is 11.5 Å². The van der Waals surface area contributed by atoms with Gasteiger partial charge in [-0.1, -0.05) is 65.3 Å². The van der Waals surface area contributed by atoms with Crippen LogP contribution in [0.15, 0.2) is 23.8 Å². The van der Waals surface area contributed by atoms with Gasteiger partial charge in [-0.2, -0.15) is 0 Å². The minimum atomic E-state index is -1.40. The molecular formula is C35H58O6. The van der Waals surface area contributed by atoms with Crippen molar-refractivity contribution in [2.24, 2.45) is 52.3 Å². The van der Waals surface area contributed by atoms with Gasteiger partial charge in [-0.25, -0.2) is 0 Å². The third kappa shape index (κ3) is 5.64. The summed E-state index contributed by atoms with van der Waals surface area (Å²) in [5.74, 6) is 4.61. The molecular weight excluding hydrogens is 516 g/mol. The highest BCUT2D eigenvalue weighted by molar-refractivity contribution is 5.28. The highest BCUT2D eigenvalue weighted by Gasteiger charge is 2.58. The second-order valence-electron chi connectivity index (χ2n) is 15.3. The van der Waals surface area contributed by atoms with Crippen LogP contribution in [0.4, 0.5) is 0 Å². The molecule has 0 unspecified atom stereocenters. The molecule has 0 amide bonds. The third-order valence-corrected chi connectivity index (χ3v) is 12.9. The molecule has 1 heterocycles. The molecule has 5 rings (SSSR count). The Morgan fingerprint density at radius 3 is 2.34 bits per heavy atom. The molecule has 4 fully saturated rings. The Morgan fingerprint density at radius 1 is 0.951 bits per heavy atom. The number of fused-ring (bicyclic) bond motifs is 5. The van der Waals surface area contributed by atoms with E-state index in [0.29, 0.717) is 40.9 Å². The van der Waals surface area contributed by atoms with E-state index in [1.165, 1.54) is 32.1 Å². The Balaban J connectivity index is 1.26. The fourth-order valence-corrected chi connectivity index (χ4v) is 10.2. The summed E-state index contributed by atoms with van der Waals surface area (Å²) in [6.07, 6.45) is 12.0. The molecule has 6 heteroatoms. The summed E-state index contributed by atoms with van der Waals surface area (Å²) in [7, 11) is 0. The number of allylic oxidation sites excluding steroid dienone is 4. The first-order valence-corrected chi connectivity index (χ1v) is 16.8. The average Bonchev–Trinajstić information content (AvgIpc) is 3.30. The second kappa shape index (κ2) is 12.3. The van der Waals surface area contributed by atoms with E-state index < -0.39 is 37.3 Å². The van der Waals surface area contributed by atoms with E-state index in [4.69, 9.17) is 9.47 Å². The highest BCUT2D eigenvalue weighted by atomic mass is 16.7. The quantitative estimate of drug-likeness (QED) is 0.281. The minimum Gasteiger partial charge on any atom is -0.394 e. The predicted molar refractivity (Wildman–Crippen MR) is 161 cm³/mol. The van der Waals surface area contributed by atoms with Crippen molar-refractivity contribution in [1.82, 2.24) is 0 Å². The lowest BCUT2D eigenvalue weighted by molar-refractivity contribution is -0.315.